The van der Waals surface area contributed by atoms with E-state index in [1.807, 2.05) is 18.1 Å². The minimum absolute atomic E-state index is 0.0820. The molecule has 2 rings (SSSR count). The van der Waals surface area contributed by atoms with Crippen LogP contribution in [-0.4, -0.2) is 51.6 Å². The molecule has 0 amide bonds. The van der Waals surface area contributed by atoms with Crippen molar-refractivity contribution in [3.05, 3.63) is 41.7 Å². The number of rotatable bonds is 8. The van der Waals surface area contributed by atoms with E-state index in [1.54, 1.807) is 16.8 Å². The first-order valence-electron chi connectivity index (χ1n) is 7.39. The molecule has 0 unspecified atom stereocenters. The maximum Gasteiger partial charge on any atom is 0.573 e. The van der Waals surface area contributed by atoms with Crippen LogP contribution in [0, 0.1) is 0 Å². The lowest BCUT2D eigenvalue weighted by Crippen LogP contribution is -2.21. The molecule has 0 saturated heterocycles. The number of aliphatic hydroxyl groups excluding tert-OH is 1. The molecule has 0 bridgehead atoms. The third-order valence-electron chi connectivity index (χ3n) is 3.29. The highest BCUT2D eigenvalue weighted by molar-refractivity contribution is 5.27. The maximum absolute atomic E-state index is 12.1. The van der Waals surface area contributed by atoms with Crippen LogP contribution in [0.3, 0.4) is 0 Å². The van der Waals surface area contributed by atoms with Gasteiger partial charge in [-0.05, 0) is 31.2 Å². The van der Waals surface area contributed by atoms with E-state index >= 15 is 0 Å². The number of hydrogen-bond donors (Lipinski definition) is 1. The fourth-order valence-corrected chi connectivity index (χ4v) is 2.15. The Balaban J connectivity index is 1.84. The van der Waals surface area contributed by atoms with Crippen molar-refractivity contribution in [3.63, 3.8) is 0 Å². The molecule has 2 aromatic rings. The van der Waals surface area contributed by atoms with E-state index in [2.05, 4.69) is 15.0 Å². The molecule has 1 N–H and O–H groups in total. The normalized spacial score (nSPS) is 11.9. The van der Waals surface area contributed by atoms with Crippen molar-refractivity contribution in [2.75, 3.05) is 20.2 Å². The van der Waals surface area contributed by atoms with Gasteiger partial charge < -0.3 is 9.84 Å². The fraction of sp³-hybridized carbons (Fsp3) is 0.467. The molecule has 1 aromatic carbocycles. The number of halogens is 3. The second kappa shape index (κ2) is 8.11. The maximum atomic E-state index is 12.1. The van der Waals surface area contributed by atoms with Crippen LogP contribution in [0.15, 0.2) is 30.5 Å². The number of likely N-dealkylation sites (N-methyl/N-ethyl adjacent to an activating group) is 1. The molecule has 132 valence electrons. The Bertz CT molecular complexity index is 628. The predicted octanol–water partition coefficient (Wildman–Crippen LogP) is 1.84. The average molecular weight is 344 g/mol. The Morgan fingerprint density at radius 3 is 2.58 bits per heavy atom. The molecule has 24 heavy (non-hydrogen) atoms. The quantitative estimate of drug-likeness (QED) is 0.792. The summed E-state index contributed by atoms with van der Waals surface area (Å²) in [6.07, 6.45) is -2.25. The lowest BCUT2D eigenvalue weighted by molar-refractivity contribution is -0.274. The highest BCUT2D eigenvalue weighted by Crippen LogP contribution is 2.22. The summed E-state index contributed by atoms with van der Waals surface area (Å²) in [7, 11) is 1.87. The largest absolute Gasteiger partial charge is 0.573 e. The summed E-state index contributed by atoms with van der Waals surface area (Å²) in [6, 6.07) is 5.76. The second-order valence-corrected chi connectivity index (χ2v) is 5.38. The van der Waals surface area contributed by atoms with Gasteiger partial charge in [-0.15, -0.1) is 18.3 Å². The average Bonchev–Trinajstić information content (AvgIpc) is 2.92. The third kappa shape index (κ3) is 6.17. The molecular weight excluding hydrogens is 325 g/mol. The van der Waals surface area contributed by atoms with Crippen LogP contribution in [0.2, 0.25) is 0 Å². The van der Waals surface area contributed by atoms with Gasteiger partial charge >= 0.3 is 6.36 Å². The Morgan fingerprint density at radius 2 is 1.96 bits per heavy atom. The Morgan fingerprint density at radius 1 is 1.25 bits per heavy atom. The van der Waals surface area contributed by atoms with Gasteiger partial charge in [0.1, 0.15) is 5.75 Å². The van der Waals surface area contributed by atoms with E-state index in [9.17, 15) is 13.2 Å². The van der Waals surface area contributed by atoms with Crippen LogP contribution in [-0.2, 0) is 19.5 Å². The first kappa shape index (κ1) is 18.2. The molecule has 0 radical (unpaired) electrons. The van der Waals surface area contributed by atoms with Gasteiger partial charge in [-0.2, -0.15) is 0 Å². The van der Waals surface area contributed by atoms with E-state index in [-0.39, 0.29) is 12.4 Å². The van der Waals surface area contributed by atoms with Crippen molar-refractivity contribution in [3.8, 4) is 5.75 Å². The zero-order valence-corrected chi connectivity index (χ0v) is 13.2. The van der Waals surface area contributed by atoms with Crippen LogP contribution in [0.25, 0.3) is 0 Å². The lowest BCUT2D eigenvalue weighted by Gasteiger charge is -2.12. The third-order valence-corrected chi connectivity index (χ3v) is 3.29. The summed E-state index contributed by atoms with van der Waals surface area (Å²) in [6.45, 7) is 1.79. The summed E-state index contributed by atoms with van der Waals surface area (Å²) < 4.78 is 41.8. The molecule has 1 heterocycles. The van der Waals surface area contributed by atoms with Crippen molar-refractivity contribution in [2.45, 2.75) is 25.9 Å². The molecule has 0 aliphatic carbocycles. The first-order chi connectivity index (χ1) is 11.4. The van der Waals surface area contributed by atoms with Crippen molar-refractivity contribution < 1.29 is 23.0 Å². The summed E-state index contributed by atoms with van der Waals surface area (Å²) >= 11 is 0. The SMILES string of the molecule is CN(CCO)Cc1cn(CCc2ccc(OC(F)(F)F)cc2)nn1. The molecule has 0 atom stereocenters. The van der Waals surface area contributed by atoms with Crippen molar-refractivity contribution in [1.82, 2.24) is 19.9 Å². The molecule has 6 nitrogen and oxygen atoms in total. The van der Waals surface area contributed by atoms with Gasteiger partial charge in [0, 0.05) is 25.8 Å². The lowest BCUT2D eigenvalue weighted by atomic mass is 10.1. The number of aromatic nitrogens is 3. The predicted molar refractivity (Wildman–Crippen MR) is 80.3 cm³/mol. The monoisotopic (exact) mass is 344 g/mol. The van der Waals surface area contributed by atoms with E-state index in [0.29, 0.717) is 26.1 Å². The zero-order chi connectivity index (χ0) is 17.6. The molecule has 9 heteroatoms. The number of ether oxygens (including phenoxy) is 1. The topological polar surface area (TPSA) is 63.4 Å². The van der Waals surface area contributed by atoms with Crippen molar-refractivity contribution >= 4 is 0 Å². The second-order valence-electron chi connectivity index (χ2n) is 5.38. The smallest absolute Gasteiger partial charge is 0.406 e. The van der Waals surface area contributed by atoms with Crippen molar-refractivity contribution in [2.24, 2.45) is 0 Å². The van der Waals surface area contributed by atoms with Gasteiger partial charge in [-0.1, -0.05) is 17.3 Å². The molecule has 0 aliphatic heterocycles. The van der Waals surface area contributed by atoms with Gasteiger partial charge in [0.05, 0.1) is 12.3 Å². The highest BCUT2D eigenvalue weighted by Gasteiger charge is 2.30. The number of aliphatic hydroxyl groups is 1. The Kier molecular flexibility index (Phi) is 6.16. The number of aryl methyl sites for hydroxylation is 2. The van der Waals surface area contributed by atoms with E-state index in [0.717, 1.165) is 11.3 Å². The number of nitrogens with zero attached hydrogens (tertiary/aromatic N) is 4. The van der Waals surface area contributed by atoms with Crippen LogP contribution in [0.1, 0.15) is 11.3 Å². The van der Waals surface area contributed by atoms with E-state index in [1.165, 1.54) is 12.1 Å². The Labute approximate surface area is 137 Å². The molecular formula is C15H19F3N4O2. The summed E-state index contributed by atoms with van der Waals surface area (Å²) in [5, 5.41) is 16.9. The van der Waals surface area contributed by atoms with Crippen LogP contribution >= 0.6 is 0 Å². The minimum atomic E-state index is -4.68. The van der Waals surface area contributed by atoms with Gasteiger partial charge in [0.25, 0.3) is 0 Å². The number of alkyl halides is 3. The van der Waals surface area contributed by atoms with Crippen molar-refractivity contribution in [1.29, 1.82) is 0 Å². The molecule has 0 spiro atoms. The van der Waals surface area contributed by atoms with Gasteiger partial charge in [0.2, 0.25) is 0 Å². The highest BCUT2D eigenvalue weighted by atomic mass is 19.4. The summed E-state index contributed by atoms with van der Waals surface area (Å²) in [5.74, 6) is -0.235. The Hall–Kier alpha value is -2.13. The molecule has 0 saturated carbocycles. The van der Waals surface area contributed by atoms with E-state index in [4.69, 9.17) is 5.11 Å². The zero-order valence-electron chi connectivity index (χ0n) is 13.2. The number of hydrogen-bond acceptors (Lipinski definition) is 5. The van der Waals surface area contributed by atoms with Crippen LogP contribution in [0.4, 0.5) is 13.2 Å². The molecule has 1 aromatic heterocycles. The van der Waals surface area contributed by atoms with Gasteiger partial charge in [-0.25, -0.2) is 0 Å². The molecule has 0 aliphatic rings. The number of benzene rings is 1. The van der Waals surface area contributed by atoms with Crippen LogP contribution in [0.5, 0.6) is 5.75 Å². The van der Waals surface area contributed by atoms with Crippen LogP contribution < -0.4 is 4.74 Å². The van der Waals surface area contributed by atoms with E-state index < -0.39 is 6.36 Å². The summed E-state index contributed by atoms with van der Waals surface area (Å²) in [4.78, 5) is 1.92. The first-order valence-corrected chi connectivity index (χ1v) is 7.39. The van der Waals surface area contributed by atoms with Gasteiger partial charge in [0.15, 0.2) is 0 Å². The summed E-state index contributed by atoms with van der Waals surface area (Å²) in [5.41, 5.74) is 1.67. The minimum Gasteiger partial charge on any atom is -0.406 e. The standard InChI is InChI=1S/C15H19F3N4O2/c1-21(8-9-23)10-13-11-22(20-19-13)7-6-12-2-4-14(5-3-12)24-15(16,17)18/h2-5,11,23H,6-10H2,1H3. The molecule has 0 fully saturated rings. The van der Waals surface area contributed by atoms with Gasteiger partial charge in [-0.3, -0.25) is 9.58 Å². The fourth-order valence-electron chi connectivity index (χ4n) is 2.15.